The second kappa shape index (κ2) is 6.02. The topological polar surface area (TPSA) is 66.0 Å². The van der Waals surface area contributed by atoms with E-state index in [2.05, 4.69) is 23.1 Å². The Bertz CT molecular complexity index is 630. The smallest absolute Gasteiger partial charge is 0.335 e. The van der Waals surface area contributed by atoms with Gasteiger partial charge in [-0.25, -0.2) is 9.78 Å². The Morgan fingerprint density at radius 2 is 2.25 bits per heavy atom. The number of aromatic carboxylic acids is 1. The molecule has 2 aromatic rings. The predicted octanol–water partition coefficient (Wildman–Crippen LogP) is 3.15. The maximum Gasteiger partial charge on any atom is 0.335 e. The molecule has 2 rings (SSSR count). The lowest BCUT2D eigenvalue weighted by molar-refractivity contribution is 0.0695. The van der Waals surface area contributed by atoms with Gasteiger partial charge in [0.15, 0.2) is 0 Å². The molecule has 20 heavy (non-hydrogen) atoms. The lowest BCUT2D eigenvalue weighted by atomic mass is 9.88. The monoisotopic (exact) mass is 268 g/mol. The highest BCUT2D eigenvalue weighted by Crippen LogP contribution is 2.29. The SMILES string of the molecule is C=CCc1c(C(=O)O)cccc1C(C=C)c1cnc[nH]1. The zero-order valence-corrected chi connectivity index (χ0v) is 11.0. The minimum atomic E-state index is -0.934. The van der Waals surface area contributed by atoms with Crippen LogP contribution < -0.4 is 0 Å². The molecular weight excluding hydrogens is 252 g/mol. The summed E-state index contributed by atoms with van der Waals surface area (Å²) in [6.07, 6.45) is 7.30. The number of aromatic nitrogens is 2. The van der Waals surface area contributed by atoms with Crippen molar-refractivity contribution in [2.24, 2.45) is 0 Å². The summed E-state index contributed by atoms with van der Waals surface area (Å²) < 4.78 is 0. The van der Waals surface area contributed by atoms with Crippen LogP contribution in [0.15, 0.2) is 56.0 Å². The van der Waals surface area contributed by atoms with Crippen LogP contribution in [0.5, 0.6) is 0 Å². The third-order valence-electron chi connectivity index (χ3n) is 3.22. The number of imidazole rings is 1. The van der Waals surface area contributed by atoms with Gasteiger partial charge in [-0.1, -0.05) is 24.3 Å². The Kier molecular flexibility index (Phi) is 4.15. The second-order valence-corrected chi connectivity index (χ2v) is 4.39. The first-order valence-corrected chi connectivity index (χ1v) is 6.25. The van der Waals surface area contributed by atoms with Crippen LogP contribution in [0.3, 0.4) is 0 Å². The van der Waals surface area contributed by atoms with Crippen molar-refractivity contribution in [2.75, 3.05) is 0 Å². The average Bonchev–Trinajstić information content (AvgIpc) is 2.95. The van der Waals surface area contributed by atoms with Crippen molar-refractivity contribution in [1.82, 2.24) is 9.97 Å². The van der Waals surface area contributed by atoms with Crippen molar-refractivity contribution in [3.8, 4) is 0 Å². The van der Waals surface area contributed by atoms with Gasteiger partial charge in [0.1, 0.15) is 0 Å². The number of carboxylic acids is 1. The predicted molar refractivity (Wildman–Crippen MR) is 77.9 cm³/mol. The van der Waals surface area contributed by atoms with E-state index in [4.69, 9.17) is 0 Å². The number of hydrogen-bond acceptors (Lipinski definition) is 2. The first kappa shape index (κ1) is 13.8. The minimum Gasteiger partial charge on any atom is -0.478 e. The Hall–Kier alpha value is -2.62. The highest BCUT2D eigenvalue weighted by Gasteiger charge is 2.19. The van der Waals surface area contributed by atoms with Gasteiger partial charge in [0.25, 0.3) is 0 Å². The molecule has 0 radical (unpaired) electrons. The third kappa shape index (κ3) is 2.54. The number of aromatic amines is 1. The summed E-state index contributed by atoms with van der Waals surface area (Å²) in [5.41, 5.74) is 2.85. The standard InChI is InChI=1S/C16H16N2O2/c1-3-6-12-13(7-5-8-14(12)16(19)20)11(4-2)15-9-17-10-18-15/h3-5,7-11H,1-2,6H2,(H,17,18)(H,19,20). The molecule has 0 amide bonds. The van der Waals surface area contributed by atoms with E-state index in [0.29, 0.717) is 12.0 Å². The average molecular weight is 268 g/mol. The molecule has 0 bridgehead atoms. The molecule has 1 heterocycles. The Balaban J connectivity index is 2.60. The summed E-state index contributed by atoms with van der Waals surface area (Å²) in [6, 6.07) is 5.27. The van der Waals surface area contributed by atoms with Crippen LogP contribution in [0, 0.1) is 0 Å². The normalized spacial score (nSPS) is 11.8. The van der Waals surface area contributed by atoms with Gasteiger partial charge in [0.05, 0.1) is 11.9 Å². The fourth-order valence-electron chi connectivity index (χ4n) is 2.33. The lowest BCUT2D eigenvalue weighted by Crippen LogP contribution is -2.09. The number of carbonyl (C=O) groups is 1. The number of nitrogens with zero attached hydrogens (tertiary/aromatic N) is 1. The van der Waals surface area contributed by atoms with Gasteiger partial charge in [0, 0.05) is 17.8 Å². The van der Waals surface area contributed by atoms with Crippen molar-refractivity contribution in [3.05, 3.63) is 78.4 Å². The fraction of sp³-hybridized carbons (Fsp3) is 0.125. The molecule has 102 valence electrons. The van der Waals surface area contributed by atoms with Gasteiger partial charge < -0.3 is 10.1 Å². The van der Waals surface area contributed by atoms with Crippen molar-refractivity contribution >= 4 is 5.97 Å². The van der Waals surface area contributed by atoms with Crippen LogP contribution in [0.2, 0.25) is 0 Å². The maximum atomic E-state index is 11.4. The molecule has 0 fully saturated rings. The van der Waals surface area contributed by atoms with Crippen LogP contribution >= 0.6 is 0 Å². The van der Waals surface area contributed by atoms with E-state index in [1.54, 1.807) is 36.8 Å². The molecule has 1 aromatic heterocycles. The van der Waals surface area contributed by atoms with Gasteiger partial charge >= 0.3 is 5.97 Å². The van der Waals surface area contributed by atoms with Crippen LogP contribution in [0.25, 0.3) is 0 Å². The number of benzene rings is 1. The van der Waals surface area contributed by atoms with Crippen LogP contribution in [0.4, 0.5) is 0 Å². The summed E-state index contributed by atoms with van der Waals surface area (Å²) in [5, 5.41) is 9.32. The quantitative estimate of drug-likeness (QED) is 0.791. The molecule has 0 aliphatic heterocycles. The van der Waals surface area contributed by atoms with Crippen LogP contribution in [0.1, 0.15) is 33.1 Å². The maximum absolute atomic E-state index is 11.4. The lowest BCUT2D eigenvalue weighted by Gasteiger charge is -2.17. The fourth-order valence-corrected chi connectivity index (χ4v) is 2.33. The van der Waals surface area contributed by atoms with Crippen molar-refractivity contribution < 1.29 is 9.90 Å². The molecule has 1 aromatic carbocycles. The van der Waals surface area contributed by atoms with Gasteiger partial charge in [-0.05, 0) is 23.6 Å². The molecular formula is C16H16N2O2. The Morgan fingerprint density at radius 1 is 1.45 bits per heavy atom. The Morgan fingerprint density at radius 3 is 2.80 bits per heavy atom. The van der Waals surface area contributed by atoms with Crippen molar-refractivity contribution in [2.45, 2.75) is 12.3 Å². The van der Waals surface area contributed by atoms with Crippen LogP contribution in [-0.2, 0) is 6.42 Å². The van der Waals surface area contributed by atoms with E-state index < -0.39 is 5.97 Å². The van der Waals surface area contributed by atoms with E-state index in [9.17, 15) is 9.90 Å². The number of nitrogens with one attached hydrogen (secondary N) is 1. The molecule has 0 aliphatic rings. The molecule has 0 saturated carbocycles. The second-order valence-electron chi connectivity index (χ2n) is 4.39. The highest BCUT2D eigenvalue weighted by atomic mass is 16.4. The van der Waals surface area contributed by atoms with Crippen molar-refractivity contribution in [1.29, 1.82) is 0 Å². The van der Waals surface area contributed by atoms with Gasteiger partial charge in [-0.2, -0.15) is 0 Å². The number of carboxylic acid groups (broad SMARTS) is 1. The molecule has 1 atom stereocenters. The first-order chi connectivity index (χ1) is 9.69. The van der Waals surface area contributed by atoms with E-state index in [1.165, 1.54) is 0 Å². The highest BCUT2D eigenvalue weighted by molar-refractivity contribution is 5.90. The third-order valence-corrected chi connectivity index (χ3v) is 3.22. The molecule has 4 heteroatoms. The molecule has 0 saturated heterocycles. The molecule has 2 N–H and O–H groups in total. The summed E-state index contributed by atoms with van der Waals surface area (Å²) >= 11 is 0. The zero-order chi connectivity index (χ0) is 14.5. The number of H-pyrrole nitrogens is 1. The summed E-state index contributed by atoms with van der Waals surface area (Å²) in [4.78, 5) is 18.4. The van der Waals surface area contributed by atoms with Gasteiger partial charge in [-0.3, -0.25) is 0 Å². The first-order valence-electron chi connectivity index (χ1n) is 6.25. The minimum absolute atomic E-state index is 0.119. The Labute approximate surface area is 117 Å². The molecule has 1 unspecified atom stereocenters. The number of allylic oxidation sites excluding steroid dienone is 2. The van der Waals surface area contributed by atoms with E-state index >= 15 is 0 Å². The summed E-state index contributed by atoms with van der Waals surface area (Å²) in [7, 11) is 0. The van der Waals surface area contributed by atoms with E-state index in [0.717, 1.165) is 16.8 Å². The zero-order valence-electron chi connectivity index (χ0n) is 11.0. The van der Waals surface area contributed by atoms with E-state index in [-0.39, 0.29) is 5.92 Å². The van der Waals surface area contributed by atoms with E-state index in [1.807, 2.05) is 6.07 Å². The van der Waals surface area contributed by atoms with Gasteiger partial charge in [0.2, 0.25) is 0 Å². The summed E-state index contributed by atoms with van der Waals surface area (Å²) in [5.74, 6) is -1.05. The summed E-state index contributed by atoms with van der Waals surface area (Å²) in [6.45, 7) is 7.55. The van der Waals surface area contributed by atoms with Crippen LogP contribution in [-0.4, -0.2) is 21.0 Å². The molecule has 0 aliphatic carbocycles. The molecule has 4 nitrogen and oxygen atoms in total. The molecule has 0 spiro atoms. The number of rotatable bonds is 6. The number of hydrogen-bond donors (Lipinski definition) is 2. The van der Waals surface area contributed by atoms with Crippen molar-refractivity contribution in [3.63, 3.8) is 0 Å². The largest absolute Gasteiger partial charge is 0.478 e. The van der Waals surface area contributed by atoms with Gasteiger partial charge in [-0.15, -0.1) is 13.2 Å².